The summed E-state index contributed by atoms with van der Waals surface area (Å²) in [6, 6.07) is 13.8. The third-order valence-corrected chi connectivity index (χ3v) is 6.25. The number of halogens is 1. The van der Waals surface area contributed by atoms with Crippen molar-refractivity contribution in [1.82, 2.24) is 10.2 Å². The van der Waals surface area contributed by atoms with Gasteiger partial charge in [0.2, 0.25) is 21.8 Å². The van der Waals surface area contributed by atoms with Crippen LogP contribution in [0.5, 0.6) is 0 Å². The van der Waals surface area contributed by atoms with Crippen LogP contribution in [0.4, 0.5) is 10.1 Å². The van der Waals surface area contributed by atoms with E-state index < -0.39 is 21.9 Å². The zero-order chi connectivity index (χ0) is 24.6. The number of hydrogen-bond acceptors (Lipinski definition) is 4. The normalized spacial score (nSPS) is 12.3. The Hall–Kier alpha value is -2.94. The number of hydrogen-bond donors (Lipinski definition) is 1. The van der Waals surface area contributed by atoms with Crippen molar-refractivity contribution in [3.8, 4) is 0 Å². The summed E-state index contributed by atoms with van der Waals surface area (Å²) in [5.74, 6) is -0.969. The summed E-state index contributed by atoms with van der Waals surface area (Å²) in [6.07, 6.45) is 1.37. The van der Waals surface area contributed by atoms with Crippen molar-refractivity contribution in [3.05, 3.63) is 66.0 Å². The fourth-order valence-corrected chi connectivity index (χ4v) is 4.34. The van der Waals surface area contributed by atoms with Crippen molar-refractivity contribution in [2.75, 3.05) is 17.1 Å². The molecule has 0 aliphatic rings. The van der Waals surface area contributed by atoms with Crippen LogP contribution in [0, 0.1) is 5.82 Å². The van der Waals surface area contributed by atoms with Crippen LogP contribution in [0.15, 0.2) is 54.6 Å². The van der Waals surface area contributed by atoms with Gasteiger partial charge >= 0.3 is 0 Å². The highest BCUT2D eigenvalue weighted by Crippen LogP contribution is 2.19. The fourth-order valence-electron chi connectivity index (χ4n) is 3.38. The van der Waals surface area contributed by atoms with E-state index in [1.165, 1.54) is 29.2 Å². The number of sulfonamides is 1. The van der Waals surface area contributed by atoms with Crippen LogP contribution in [0.3, 0.4) is 0 Å². The van der Waals surface area contributed by atoms with E-state index >= 15 is 0 Å². The standard InChI is InChI=1S/C24H32FN3O4S/c1-18(2)26-24(30)19(3)27(17-20-9-6-5-7-10-20)23(29)11-8-16-28(33(4,31)32)22-14-12-21(25)13-15-22/h5-7,9-10,12-15,18-19H,8,11,16-17H2,1-4H3,(H,26,30)/t19-/m1/s1. The molecular weight excluding hydrogens is 445 g/mol. The van der Waals surface area contributed by atoms with E-state index in [0.29, 0.717) is 5.69 Å². The van der Waals surface area contributed by atoms with Crippen molar-refractivity contribution >= 4 is 27.5 Å². The Kier molecular flexibility index (Phi) is 9.40. The number of benzene rings is 2. The van der Waals surface area contributed by atoms with Gasteiger partial charge in [0, 0.05) is 25.6 Å². The quantitative estimate of drug-likeness (QED) is 0.538. The monoisotopic (exact) mass is 477 g/mol. The molecule has 180 valence electrons. The van der Waals surface area contributed by atoms with Crippen molar-refractivity contribution in [2.24, 2.45) is 0 Å². The molecule has 7 nitrogen and oxygen atoms in total. The lowest BCUT2D eigenvalue weighted by atomic mass is 10.1. The molecule has 9 heteroatoms. The second-order valence-corrected chi connectivity index (χ2v) is 10.2. The Bertz CT molecular complexity index is 1030. The van der Waals surface area contributed by atoms with Gasteiger partial charge in [-0.1, -0.05) is 30.3 Å². The lowest BCUT2D eigenvalue weighted by Crippen LogP contribution is -2.49. The topological polar surface area (TPSA) is 86.8 Å². The molecule has 0 radical (unpaired) electrons. The lowest BCUT2D eigenvalue weighted by Gasteiger charge is -2.30. The summed E-state index contributed by atoms with van der Waals surface area (Å²) in [5.41, 5.74) is 1.22. The first-order valence-corrected chi connectivity index (χ1v) is 12.7. The average Bonchev–Trinajstić information content (AvgIpc) is 2.74. The van der Waals surface area contributed by atoms with Crippen LogP contribution < -0.4 is 9.62 Å². The highest BCUT2D eigenvalue weighted by molar-refractivity contribution is 7.92. The highest BCUT2D eigenvalue weighted by Gasteiger charge is 2.27. The summed E-state index contributed by atoms with van der Waals surface area (Å²) in [5, 5.41) is 2.83. The number of rotatable bonds is 11. The van der Waals surface area contributed by atoms with Crippen molar-refractivity contribution < 1.29 is 22.4 Å². The molecule has 0 aromatic heterocycles. The number of nitrogens with one attached hydrogen (secondary N) is 1. The molecule has 0 aliphatic carbocycles. The summed E-state index contributed by atoms with van der Waals surface area (Å²) < 4.78 is 38.9. The van der Waals surface area contributed by atoms with Crippen LogP contribution in [-0.4, -0.2) is 50.0 Å². The minimum Gasteiger partial charge on any atom is -0.352 e. The molecule has 0 spiro atoms. The van der Waals surface area contributed by atoms with Crippen LogP contribution in [-0.2, 0) is 26.2 Å². The van der Waals surface area contributed by atoms with Crippen molar-refractivity contribution in [3.63, 3.8) is 0 Å². The molecule has 33 heavy (non-hydrogen) atoms. The van der Waals surface area contributed by atoms with E-state index in [0.717, 1.165) is 16.1 Å². The maximum Gasteiger partial charge on any atom is 0.242 e. The van der Waals surface area contributed by atoms with Crippen LogP contribution >= 0.6 is 0 Å². The predicted octanol–water partition coefficient (Wildman–Crippen LogP) is 3.31. The minimum absolute atomic E-state index is 0.0549. The van der Waals surface area contributed by atoms with Gasteiger partial charge < -0.3 is 10.2 Å². The number of carbonyl (C=O) groups excluding carboxylic acids is 2. The van der Waals surface area contributed by atoms with E-state index in [1.54, 1.807) is 6.92 Å². The van der Waals surface area contributed by atoms with E-state index in [-0.39, 0.29) is 43.8 Å². The summed E-state index contributed by atoms with van der Waals surface area (Å²) in [7, 11) is -3.62. The maximum absolute atomic E-state index is 13.2. The zero-order valence-electron chi connectivity index (χ0n) is 19.5. The number of anilines is 1. The summed E-state index contributed by atoms with van der Waals surface area (Å²) in [4.78, 5) is 27.2. The number of carbonyl (C=O) groups is 2. The highest BCUT2D eigenvalue weighted by atomic mass is 32.2. The van der Waals surface area contributed by atoms with Gasteiger partial charge in [0.05, 0.1) is 11.9 Å². The first-order chi connectivity index (χ1) is 15.5. The smallest absolute Gasteiger partial charge is 0.242 e. The summed E-state index contributed by atoms with van der Waals surface area (Å²) in [6.45, 7) is 5.70. The fraction of sp³-hybridized carbons (Fsp3) is 0.417. The van der Waals surface area contributed by atoms with E-state index in [4.69, 9.17) is 0 Å². The molecule has 0 unspecified atom stereocenters. The third-order valence-electron chi connectivity index (χ3n) is 5.06. The SMILES string of the molecule is CC(C)NC(=O)[C@@H](C)N(Cc1ccccc1)C(=O)CCCN(c1ccc(F)cc1)S(C)(=O)=O. The van der Waals surface area contributed by atoms with Crippen molar-refractivity contribution in [2.45, 2.75) is 52.2 Å². The number of amides is 2. The second kappa shape index (κ2) is 11.8. The van der Waals surface area contributed by atoms with Gasteiger partial charge in [-0.25, -0.2) is 12.8 Å². The molecule has 0 heterocycles. The average molecular weight is 478 g/mol. The molecule has 0 saturated carbocycles. The van der Waals surface area contributed by atoms with Gasteiger partial charge in [0.25, 0.3) is 0 Å². The van der Waals surface area contributed by atoms with Crippen LogP contribution in [0.1, 0.15) is 39.2 Å². The first kappa shape index (κ1) is 26.3. The zero-order valence-corrected chi connectivity index (χ0v) is 20.3. The molecule has 0 aliphatic heterocycles. The molecular formula is C24H32FN3O4S. The number of nitrogens with zero attached hydrogens (tertiary/aromatic N) is 2. The molecule has 2 rings (SSSR count). The Labute approximate surface area is 195 Å². The van der Waals surface area contributed by atoms with Gasteiger partial charge in [0.1, 0.15) is 11.9 Å². The molecule has 2 amide bonds. The van der Waals surface area contributed by atoms with Crippen molar-refractivity contribution in [1.29, 1.82) is 0 Å². The van der Waals surface area contributed by atoms with Gasteiger partial charge in [0.15, 0.2) is 0 Å². The Balaban J connectivity index is 2.13. The Morgan fingerprint density at radius 2 is 1.61 bits per heavy atom. The lowest BCUT2D eigenvalue weighted by molar-refractivity contribution is -0.140. The minimum atomic E-state index is -3.62. The van der Waals surface area contributed by atoms with Gasteiger partial charge in [-0.05, 0) is 57.0 Å². The van der Waals surface area contributed by atoms with Gasteiger partial charge in [-0.3, -0.25) is 13.9 Å². The second-order valence-electron chi connectivity index (χ2n) is 8.26. The van der Waals surface area contributed by atoms with E-state index in [1.807, 2.05) is 44.2 Å². The molecule has 0 saturated heterocycles. The summed E-state index contributed by atoms with van der Waals surface area (Å²) >= 11 is 0. The molecule has 2 aromatic rings. The molecule has 1 atom stereocenters. The largest absolute Gasteiger partial charge is 0.352 e. The third kappa shape index (κ3) is 8.16. The first-order valence-electron chi connectivity index (χ1n) is 10.9. The molecule has 0 fully saturated rings. The van der Waals surface area contributed by atoms with Crippen LogP contribution in [0.25, 0.3) is 0 Å². The molecule has 1 N–H and O–H groups in total. The Morgan fingerprint density at radius 3 is 2.15 bits per heavy atom. The van der Waals surface area contributed by atoms with E-state index in [2.05, 4.69) is 5.32 Å². The van der Waals surface area contributed by atoms with Crippen LogP contribution in [0.2, 0.25) is 0 Å². The van der Waals surface area contributed by atoms with Gasteiger partial charge in [-0.15, -0.1) is 0 Å². The van der Waals surface area contributed by atoms with E-state index in [9.17, 15) is 22.4 Å². The van der Waals surface area contributed by atoms with Gasteiger partial charge in [-0.2, -0.15) is 0 Å². The predicted molar refractivity (Wildman–Crippen MR) is 128 cm³/mol. The maximum atomic E-state index is 13.2. The Morgan fingerprint density at radius 1 is 1.00 bits per heavy atom. The molecule has 2 aromatic carbocycles. The molecule has 0 bridgehead atoms.